The second kappa shape index (κ2) is 4.83. The predicted molar refractivity (Wildman–Crippen MR) is 56.3 cm³/mol. The molecule has 0 aliphatic rings. The number of hydrogen-bond donors (Lipinski definition) is 0. The van der Waals surface area contributed by atoms with Crippen LogP contribution in [0.15, 0.2) is 36.5 Å². The van der Waals surface area contributed by atoms with Crippen molar-refractivity contribution in [2.45, 2.75) is 6.36 Å². The number of hydrogen-bond acceptors (Lipinski definition) is 2. The van der Waals surface area contributed by atoms with Crippen LogP contribution in [0.3, 0.4) is 0 Å². The lowest BCUT2D eigenvalue weighted by atomic mass is 10.1. The van der Waals surface area contributed by atoms with Crippen LogP contribution < -0.4 is 4.74 Å². The maximum atomic E-state index is 13.5. The van der Waals surface area contributed by atoms with E-state index in [1.165, 1.54) is 18.2 Å². The molecule has 0 unspecified atom stereocenters. The largest absolute Gasteiger partial charge is 0.573 e. The first kappa shape index (κ1) is 13.3. The van der Waals surface area contributed by atoms with E-state index in [1.54, 1.807) is 0 Å². The molecule has 0 fully saturated rings. The molecule has 0 aliphatic carbocycles. The van der Waals surface area contributed by atoms with Gasteiger partial charge in [-0.2, -0.15) is 0 Å². The molecule has 1 aromatic heterocycles. The van der Waals surface area contributed by atoms with Crippen LogP contribution in [0.5, 0.6) is 5.75 Å². The number of aromatic nitrogens is 1. The summed E-state index contributed by atoms with van der Waals surface area (Å²) in [4.78, 5) is 3.44. The summed E-state index contributed by atoms with van der Waals surface area (Å²) in [5.41, 5.74) is -0.626. The lowest BCUT2D eigenvalue weighted by Gasteiger charge is -2.13. The molecule has 0 atom stereocenters. The van der Waals surface area contributed by atoms with Crippen LogP contribution >= 0.6 is 0 Å². The summed E-state index contributed by atoms with van der Waals surface area (Å²) in [6.07, 6.45) is -4.20. The number of rotatable bonds is 2. The van der Waals surface area contributed by atoms with Gasteiger partial charge in [0.15, 0.2) is 5.82 Å². The number of nitrogens with zero attached hydrogens (tertiary/aromatic N) is 1. The van der Waals surface area contributed by atoms with Crippen molar-refractivity contribution in [1.82, 2.24) is 4.98 Å². The summed E-state index contributed by atoms with van der Waals surface area (Å²) in [5, 5.41) is 0. The quantitative estimate of drug-likeness (QED) is 0.775. The van der Waals surface area contributed by atoms with E-state index in [0.29, 0.717) is 12.3 Å². The number of alkyl halides is 3. The lowest BCUT2D eigenvalue weighted by Crippen LogP contribution is -2.17. The molecule has 0 saturated carbocycles. The van der Waals surface area contributed by atoms with Crippen molar-refractivity contribution in [2.75, 3.05) is 0 Å². The number of para-hydroxylation sites is 1. The summed E-state index contributed by atoms with van der Waals surface area (Å²) >= 11 is 0. The maximum absolute atomic E-state index is 13.5. The van der Waals surface area contributed by atoms with Crippen molar-refractivity contribution < 1.29 is 26.7 Å². The average Bonchev–Trinajstić information content (AvgIpc) is 2.28. The Labute approximate surface area is 104 Å². The van der Waals surface area contributed by atoms with Crippen LogP contribution in [0.25, 0.3) is 11.3 Å². The van der Waals surface area contributed by atoms with Crippen molar-refractivity contribution in [3.8, 4) is 17.0 Å². The van der Waals surface area contributed by atoms with Crippen molar-refractivity contribution in [2.24, 2.45) is 0 Å². The van der Waals surface area contributed by atoms with Crippen LogP contribution in [0.4, 0.5) is 22.0 Å². The molecule has 2 rings (SSSR count). The number of ether oxygens (including phenoxy) is 1. The van der Waals surface area contributed by atoms with Gasteiger partial charge in [-0.3, -0.25) is 0 Å². The second-order valence-corrected chi connectivity index (χ2v) is 3.53. The van der Waals surface area contributed by atoms with E-state index in [1.807, 2.05) is 0 Å². The number of halogens is 5. The number of benzene rings is 1. The minimum Gasteiger partial charge on any atom is -0.405 e. The molecule has 0 saturated heterocycles. The molecule has 19 heavy (non-hydrogen) atoms. The fourth-order valence-electron chi connectivity index (χ4n) is 1.49. The van der Waals surface area contributed by atoms with E-state index < -0.39 is 29.4 Å². The highest BCUT2D eigenvalue weighted by Gasteiger charge is 2.32. The Kier molecular flexibility index (Phi) is 3.37. The van der Waals surface area contributed by atoms with Gasteiger partial charge in [-0.15, -0.1) is 13.2 Å². The van der Waals surface area contributed by atoms with Crippen LogP contribution in [0.2, 0.25) is 0 Å². The Morgan fingerprint density at radius 2 is 1.74 bits per heavy atom. The normalized spacial score (nSPS) is 11.4. The molecule has 0 radical (unpaired) electrons. The molecule has 2 nitrogen and oxygen atoms in total. The molecule has 0 spiro atoms. The third-order valence-corrected chi connectivity index (χ3v) is 2.18. The SMILES string of the molecule is Fc1cnc(-c2ccccc2OC(F)(F)F)c(F)c1. The first-order valence-electron chi connectivity index (χ1n) is 5.03. The Morgan fingerprint density at radius 1 is 1.05 bits per heavy atom. The Hall–Kier alpha value is -2.18. The standard InChI is InChI=1S/C12H6F5NO/c13-7-5-9(14)11(18-6-7)8-3-1-2-4-10(8)19-12(15,16)17/h1-6H. The van der Waals surface area contributed by atoms with Gasteiger partial charge in [-0.05, 0) is 12.1 Å². The van der Waals surface area contributed by atoms with E-state index >= 15 is 0 Å². The van der Waals surface area contributed by atoms with Gasteiger partial charge in [0.05, 0.1) is 6.20 Å². The van der Waals surface area contributed by atoms with Gasteiger partial charge >= 0.3 is 6.36 Å². The lowest BCUT2D eigenvalue weighted by molar-refractivity contribution is -0.274. The summed E-state index contributed by atoms with van der Waals surface area (Å²) in [5.74, 6) is -2.60. The van der Waals surface area contributed by atoms with Gasteiger partial charge in [0.25, 0.3) is 0 Å². The molecule has 0 aliphatic heterocycles. The third kappa shape index (κ3) is 3.18. The Balaban J connectivity index is 2.50. The molecule has 2 aromatic rings. The highest BCUT2D eigenvalue weighted by atomic mass is 19.4. The van der Waals surface area contributed by atoms with Crippen LogP contribution in [-0.2, 0) is 0 Å². The van der Waals surface area contributed by atoms with Gasteiger partial charge < -0.3 is 4.74 Å². The highest BCUT2D eigenvalue weighted by molar-refractivity contribution is 5.67. The van der Waals surface area contributed by atoms with Crippen molar-refractivity contribution in [3.63, 3.8) is 0 Å². The minimum absolute atomic E-state index is 0.211. The van der Waals surface area contributed by atoms with Gasteiger partial charge in [-0.1, -0.05) is 12.1 Å². The van der Waals surface area contributed by atoms with E-state index in [0.717, 1.165) is 6.07 Å². The zero-order valence-corrected chi connectivity index (χ0v) is 9.21. The van der Waals surface area contributed by atoms with E-state index in [2.05, 4.69) is 9.72 Å². The summed E-state index contributed by atoms with van der Waals surface area (Å²) < 4.78 is 66.6. The van der Waals surface area contributed by atoms with Crippen LogP contribution in [-0.4, -0.2) is 11.3 Å². The Morgan fingerprint density at radius 3 is 2.37 bits per heavy atom. The van der Waals surface area contributed by atoms with Crippen molar-refractivity contribution in [3.05, 3.63) is 48.2 Å². The fourth-order valence-corrected chi connectivity index (χ4v) is 1.49. The molecule has 1 aromatic carbocycles. The predicted octanol–water partition coefficient (Wildman–Crippen LogP) is 3.93. The zero-order chi connectivity index (χ0) is 14.0. The van der Waals surface area contributed by atoms with Crippen molar-refractivity contribution >= 4 is 0 Å². The first-order chi connectivity index (χ1) is 8.87. The van der Waals surface area contributed by atoms with E-state index in [4.69, 9.17) is 0 Å². The molecule has 100 valence electrons. The maximum Gasteiger partial charge on any atom is 0.573 e. The second-order valence-electron chi connectivity index (χ2n) is 3.53. The average molecular weight is 275 g/mol. The molecular weight excluding hydrogens is 269 g/mol. The van der Waals surface area contributed by atoms with Gasteiger partial charge in [0.2, 0.25) is 0 Å². The smallest absolute Gasteiger partial charge is 0.405 e. The molecular formula is C12H6F5NO. The molecule has 0 amide bonds. The molecule has 0 N–H and O–H groups in total. The summed E-state index contributed by atoms with van der Waals surface area (Å²) in [7, 11) is 0. The Bertz CT molecular complexity index is 597. The van der Waals surface area contributed by atoms with Gasteiger partial charge in [-0.25, -0.2) is 13.8 Å². The summed E-state index contributed by atoms with van der Waals surface area (Å²) in [6, 6.07) is 5.44. The van der Waals surface area contributed by atoms with Crippen LogP contribution in [0.1, 0.15) is 0 Å². The third-order valence-electron chi connectivity index (χ3n) is 2.18. The molecule has 7 heteroatoms. The first-order valence-corrected chi connectivity index (χ1v) is 5.03. The monoisotopic (exact) mass is 275 g/mol. The van der Waals surface area contributed by atoms with Crippen LogP contribution in [0, 0.1) is 11.6 Å². The van der Waals surface area contributed by atoms with E-state index in [9.17, 15) is 22.0 Å². The number of pyridine rings is 1. The zero-order valence-electron chi connectivity index (χ0n) is 9.21. The van der Waals surface area contributed by atoms with Gasteiger partial charge in [0, 0.05) is 11.6 Å². The highest BCUT2D eigenvalue weighted by Crippen LogP contribution is 2.33. The molecule has 1 heterocycles. The summed E-state index contributed by atoms with van der Waals surface area (Å²) in [6.45, 7) is 0. The van der Waals surface area contributed by atoms with Crippen molar-refractivity contribution in [1.29, 1.82) is 0 Å². The van der Waals surface area contributed by atoms with Gasteiger partial charge in [0.1, 0.15) is 17.3 Å². The minimum atomic E-state index is -4.91. The topological polar surface area (TPSA) is 22.1 Å². The van der Waals surface area contributed by atoms with E-state index in [-0.39, 0.29) is 5.56 Å². The molecule has 0 bridgehead atoms. The fraction of sp³-hybridized carbons (Fsp3) is 0.0833.